The molecule has 0 aromatic rings. The Morgan fingerprint density at radius 2 is 1.14 bits per heavy atom. The van der Waals surface area contributed by atoms with Gasteiger partial charge in [0.1, 0.15) is 19.4 Å². The van der Waals surface area contributed by atoms with Crippen LogP contribution in [0.25, 0.3) is 0 Å². The number of rotatable bonds is 20. The Morgan fingerprint density at radius 3 is 1.57 bits per heavy atom. The molecule has 0 radical (unpaired) electrons. The zero-order valence-electron chi connectivity index (χ0n) is 18.6. The van der Waals surface area contributed by atoms with E-state index < -0.39 is 7.94 Å². The van der Waals surface area contributed by atoms with Gasteiger partial charge in [0.2, 0.25) is 0 Å². The van der Waals surface area contributed by atoms with Crippen molar-refractivity contribution in [2.45, 2.75) is 117 Å². The molecule has 1 aliphatic rings. The van der Waals surface area contributed by atoms with Crippen LogP contribution in [0.1, 0.15) is 117 Å². The largest absolute Gasteiger partial charge is 0.488 e. The van der Waals surface area contributed by atoms with Gasteiger partial charge >= 0.3 is 7.94 Å². The maximum absolute atomic E-state index is 5.71. The third-order valence-electron chi connectivity index (χ3n) is 5.19. The molecular formula is C22H46O5P+. The number of unbranched alkanes of at least 4 members (excludes halogenated alkanes) is 15. The van der Waals surface area contributed by atoms with E-state index >= 15 is 0 Å². The molecule has 1 fully saturated rings. The van der Waals surface area contributed by atoms with Crippen LogP contribution in [0.5, 0.6) is 0 Å². The summed E-state index contributed by atoms with van der Waals surface area (Å²) >= 11 is 0. The molecule has 1 heterocycles. The maximum atomic E-state index is 5.71. The molecule has 28 heavy (non-hydrogen) atoms. The van der Waals surface area contributed by atoms with E-state index in [4.69, 9.17) is 23.6 Å². The first-order chi connectivity index (χ1) is 13.8. The monoisotopic (exact) mass is 421 g/mol. The van der Waals surface area contributed by atoms with Gasteiger partial charge in [-0.15, -0.1) is 0 Å². The lowest BCUT2D eigenvalue weighted by Gasteiger charge is -2.22. The second-order valence-electron chi connectivity index (χ2n) is 7.85. The molecule has 6 heteroatoms. The maximum Gasteiger partial charge on any atom is 0.488 e. The van der Waals surface area contributed by atoms with Gasteiger partial charge in [0.05, 0.1) is 6.61 Å². The van der Waals surface area contributed by atoms with Crippen LogP contribution < -0.4 is 0 Å². The summed E-state index contributed by atoms with van der Waals surface area (Å²) in [5.74, 6) is 0. The topological polar surface area (TPSA) is 46.2 Å². The van der Waals surface area contributed by atoms with Crippen molar-refractivity contribution in [1.29, 1.82) is 0 Å². The van der Waals surface area contributed by atoms with E-state index in [0.717, 1.165) is 12.6 Å². The van der Waals surface area contributed by atoms with E-state index in [2.05, 4.69) is 6.92 Å². The van der Waals surface area contributed by atoms with Crippen molar-refractivity contribution in [3.63, 3.8) is 0 Å². The Kier molecular flexibility index (Phi) is 18.0. The van der Waals surface area contributed by atoms with Gasteiger partial charge in [-0.25, -0.2) is 0 Å². The van der Waals surface area contributed by atoms with Gasteiger partial charge in [-0.1, -0.05) is 96.8 Å². The van der Waals surface area contributed by atoms with Crippen molar-refractivity contribution >= 4 is 7.94 Å². The van der Waals surface area contributed by atoms with Gasteiger partial charge in [0.25, 0.3) is 0 Å². The van der Waals surface area contributed by atoms with Crippen LogP contribution >= 0.6 is 7.94 Å². The van der Waals surface area contributed by atoms with Crippen molar-refractivity contribution in [3.8, 4) is 0 Å². The Labute approximate surface area is 174 Å². The van der Waals surface area contributed by atoms with Crippen LogP contribution in [0.15, 0.2) is 0 Å². The lowest BCUT2D eigenvalue weighted by molar-refractivity contribution is -0.296. The van der Waals surface area contributed by atoms with Gasteiger partial charge in [-0.2, -0.15) is 14.3 Å². The summed E-state index contributed by atoms with van der Waals surface area (Å²) in [6, 6.07) is 0. The summed E-state index contributed by atoms with van der Waals surface area (Å²) in [5.41, 5.74) is 0. The van der Waals surface area contributed by atoms with Gasteiger partial charge in [-0.05, 0) is 29.1 Å². The van der Waals surface area contributed by atoms with Gasteiger partial charge < -0.3 is 0 Å². The van der Waals surface area contributed by atoms with E-state index in [-0.39, 0.29) is 0 Å². The SMILES string of the molecule is CCCCCCCCCCCCCCCCCC[P+]1(OOCC)OCCOO1. The first-order valence-corrected chi connectivity index (χ1v) is 13.7. The summed E-state index contributed by atoms with van der Waals surface area (Å²) in [4.78, 5) is 10.2. The highest BCUT2D eigenvalue weighted by Gasteiger charge is 2.51. The van der Waals surface area contributed by atoms with Gasteiger partial charge in [-0.3, -0.25) is 0 Å². The molecule has 0 aromatic heterocycles. The molecular weight excluding hydrogens is 375 g/mol. The summed E-state index contributed by atoms with van der Waals surface area (Å²) in [7, 11) is -2.44. The van der Waals surface area contributed by atoms with E-state index in [0.29, 0.717) is 19.8 Å². The first kappa shape index (κ1) is 26.3. The van der Waals surface area contributed by atoms with Crippen molar-refractivity contribution < 1.29 is 23.6 Å². The predicted octanol–water partition coefficient (Wildman–Crippen LogP) is 7.96. The summed E-state index contributed by atoms with van der Waals surface area (Å²) in [5, 5.41) is 0. The minimum absolute atomic E-state index is 0.455. The zero-order valence-corrected chi connectivity index (χ0v) is 19.5. The van der Waals surface area contributed by atoms with E-state index in [1.54, 1.807) is 0 Å². The molecule has 0 aliphatic carbocycles. The normalized spacial score (nSPS) is 19.9. The molecule has 1 aliphatic heterocycles. The Hall–Kier alpha value is 0.230. The lowest BCUT2D eigenvalue weighted by Crippen LogP contribution is -2.20. The Balaban J connectivity index is 1.84. The van der Waals surface area contributed by atoms with Crippen LogP contribution in [0.4, 0.5) is 0 Å². The van der Waals surface area contributed by atoms with Gasteiger partial charge in [0, 0.05) is 0 Å². The second kappa shape index (κ2) is 19.2. The Morgan fingerprint density at radius 1 is 0.643 bits per heavy atom. The highest BCUT2D eigenvalue weighted by atomic mass is 31.2. The smallest absolute Gasteiger partial charge is 0.195 e. The second-order valence-corrected chi connectivity index (χ2v) is 10.1. The van der Waals surface area contributed by atoms with E-state index in [9.17, 15) is 0 Å². The zero-order chi connectivity index (χ0) is 20.2. The van der Waals surface area contributed by atoms with E-state index in [1.165, 1.54) is 96.3 Å². The van der Waals surface area contributed by atoms with Crippen molar-refractivity contribution in [2.75, 3.05) is 26.0 Å². The average Bonchev–Trinajstić information content (AvgIpc) is 2.73. The molecule has 0 saturated carbocycles. The molecule has 0 bridgehead atoms. The summed E-state index contributed by atoms with van der Waals surface area (Å²) < 4.78 is 16.4. The van der Waals surface area contributed by atoms with Crippen molar-refractivity contribution in [1.82, 2.24) is 0 Å². The molecule has 0 spiro atoms. The number of hydrogen-bond donors (Lipinski definition) is 0. The van der Waals surface area contributed by atoms with Crippen LogP contribution in [0.2, 0.25) is 0 Å². The summed E-state index contributed by atoms with van der Waals surface area (Å²) in [6.07, 6.45) is 22.5. The highest BCUT2D eigenvalue weighted by molar-refractivity contribution is 7.61. The molecule has 0 N–H and O–H groups in total. The molecule has 0 aromatic carbocycles. The van der Waals surface area contributed by atoms with Crippen LogP contribution in [0.3, 0.4) is 0 Å². The third-order valence-corrected chi connectivity index (χ3v) is 7.30. The molecule has 1 atom stereocenters. The Bertz CT molecular complexity index is 324. The molecule has 1 unspecified atom stereocenters. The molecule has 5 nitrogen and oxygen atoms in total. The quantitative estimate of drug-likeness (QED) is 0.0863. The minimum atomic E-state index is -2.44. The fourth-order valence-electron chi connectivity index (χ4n) is 3.51. The average molecular weight is 422 g/mol. The fraction of sp³-hybridized carbons (Fsp3) is 1.00. The summed E-state index contributed by atoms with van der Waals surface area (Å²) in [6.45, 7) is 5.62. The molecule has 1 rings (SSSR count). The highest BCUT2D eigenvalue weighted by Crippen LogP contribution is 2.64. The lowest BCUT2D eigenvalue weighted by atomic mass is 10.0. The van der Waals surface area contributed by atoms with E-state index in [1.807, 2.05) is 6.92 Å². The third kappa shape index (κ3) is 14.3. The fourth-order valence-corrected chi connectivity index (χ4v) is 5.36. The molecule has 1 saturated heterocycles. The van der Waals surface area contributed by atoms with Crippen molar-refractivity contribution in [2.24, 2.45) is 0 Å². The van der Waals surface area contributed by atoms with Crippen LogP contribution in [-0.4, -0.2) is 26.0 Å². The molecule has 0 amide bonds. The number of hydrogen-bond acceptors (Lipinski definition) is 5. The van der Waals surface area contributed by atoms with Gasteiger partial charge in [0.15, 0.2) is 0 Å². The minimum Gasteiger partial charge on any atom is -0.195 e. The van der Waals surface area contributed by atoms with Crippen LogP contribution in [0, 0.1) is 0 Å². The predicted molar refractivity (Wildman–Crippen MR) is 117 cm³/mol. The standard InChI is InChI=1S/C22H46O5P/c1-3-5-6-7-8-9-10-11-12-13-14-15-16-17-18-19-22-28(26-23-4-2)25-21-20-24-27-28/h3-22H2,1-2H3/q+1. The molecule has 168 valence electrons. The van der Waals surface area contributed by atoms with Crippen molar-refractivity contribution in [3.05, 3.63) is 0 Å². The first-order valence-electron chi connectivity index (χ1n) is 12.0. The van der Waals surface area contributed by atoms with Crippen LogP contribution in [-0.2, 0) is 23.6 Å².